The number of rotatable bonds is 3. The second kappa shape index (κ2) is 8.50. The average Bonchev–Trinajstić information content (AvgIpc) is 3.06. The number of likely N-dealkylation sites (N-methyl/N-ethyl adjacent to an activating group) is 1. The summed E-state index contributed by atoms with van der Waals surface area (Å²) in [6.07, 6.45) is 1.78. The van der Waals surface area contributed by atoms with Crippen LogP contribution in [0, 0.1) is 0 Å². The second-order valence-electron chi connectivity index (χ2n) is 7.92. The molecule has 0 spiro atoms. The molecule has 2 fully saturated rings. The van der Waals surface area contributed by atoms with Gasteiger partial charge >= 0.3 is 0 Å². The molecule has 27 heavy (non-hydrogen) atoms. The molecule has 2 aliphatic heterocycles. The molecule has 7 heteroatoms. The van der Waals surface area contributed by atoms with E-state index in [1.165, 1.54) is 5.56 Å². The first-order valence-electron chi connectivity index (χ1n) is 9.80. The molecule has 4 nitrogen and oxygen atoms in total. The number of piperazine rings is 1. The van der Waals surface area contributed by atoms with Gasteiger partial charge in [-0.25, -0.2) is 0 Å². The maximum Gasteiger partial charge on any atom is 0.230 e. The van der Waals surface area contributed by atoms with Crippen molar-refractivity contribution in [3.05, 3.63) is 33.3 Å². The highest BCUT2D eigenvalue weighted by molar-refractivity contribution is 7.99. The quantitative estimate of drug-likeness (QED) is 0.739. The van der Waals surface area contributed by atoms with E-state index in [1.807, 2.05) is 23.9 Å². The molecule has 0 radical (unpaired) electrons. The molecule has 2 atom stereocenters. The number of hydrogen-bond donors (Lipinski definition) is 0. The third-order valence-electron chi connectivity index (χ3n) is 6.13. The second-order valence-corrected chi connectivity index (χ2v) is 9.88. The Morgan fingerprint density at radius 3 is 2.67 bits per heavy atom. The monoisotopic (exact) mass is 427 g/mol. The molecule has 0 N–H and O–H groups in total. The number of thioether (sulfide) groups is 1. The number of carbonyl (C=O) groups excluding carboxylic acids is 1. The fourth-order valence-electron chi connectivity index (χ4n) is 4.48. The summed E-state index contributed by atoms with van der Waals surface area (Å²) in [5.74, 6) is 2.30. The van der Waals surface area contributed by atoms with Crippen LogP contribution in [0.3, 0.4) is 0 Å². The Morgan fingerprint density at radius 1 is 1.15 bits per heavy atom. The number of hydrogen-bond acceptors (Lipinski definition) is 4. The van der Waals surface area contributed by atoms with Gasteiger partial charge in [0.15, 0.2) is 0 Å². The number of benzene rings is 1. The molecule has 1 aromatic carbocycles. The molecule has 2 unspecified atom stereocenters. The van der Waals surface area contributed by atoms with E-state index >= 15 is 0 Å². The number of amides is 1. The summed E-state index contributed by atoms with van der Waals surface area (Å²) >= 11 is 14.4. The minimum atomic E-state index is -0.0622. The van der Waals surface area contributed by atoms with Crippen molar-refractivity contribution in [2.24, 2.45) is 0 Å². The number of carbonyl (C=O) groups is 1. The lowest BCUT2D eigenvalue weighted by molar-refractivity contribution is -0.135. The zero-order valence-electron chi connectivity index (χ0n) is 15.8. The molecule has 1 amide bonds. The van der Waals surface area contributed by atoms with Crippen LogP contribution in [0.1, 0.15) is 23.5 Å². The number of nitrogens with zero attached hydrogens (tertiary/aromatic N) is 3. The Labute approximate surface area is 176 Å². The van der Waals surface area contributed by atoms with Crippen molar-refractivity contribution in [2.45, 2.75) is 24.8 Å². The first kappa shape index (κ1) is 19.8. The fourth-order valence-corrected chi connectivity index (χ4v) is 5.89. The molecule has 0 bridgehead atoms. The number of aryl methyl sites for hydroxylation is 1. The summed E-state index contributed by atoms with van der Waals surface area (Å²) in [4.78, 5) is 20.5. The summed E-state index contributed by atoms with van der Waals surface area (Å²) in [5.41, 5.74) is 2.27. The van der Waals surface area contributed by atoms with Gasteiger partial charge in [0.2, 0.25) is 5.91 Å². The van der Waals surface area contributed by atoms with Crippen LogP contribution in [0.4, 0.5) is 0 Å². The summed E-state index contributed by atoms with van der Waals surface area (Å²) in [5, 5.41) is 1.14. The number of halogens is 2. The van der Waals surface area contributed by atoms with Crippen molar-refractivity contribution in [1.29, 1.82) is 0 Å². The lowest BCUT2D eigenvalue weighted by atomic mass is 9.98. The molecular weight excluding hydrogens is 401 g/mol. The van der Waals surface area contributed by atoms with Gasteiger partial charge < -0.3 is 9.80 Å². The predicted octanol–water partition coefficient (Wildman–Crippen LogP) is 3.21. The van der Waals surface area contributed by atoms with Crippen molar-refractivity contribution in [3.63, 3.8) is 0 Å². The van der Waals surface area contributed by atoms with Gasteiger partial charge in [0.05, 0.1) is 22.0 Å². The van der Waals surface area contributed by atoms with Gasteiger partial charge in [-0.3, -0.25) is 9.69 Å². The van der Waals surface area contributed by atoms with Crippen LogP contribution in [0.2, 0.25) is 10.0 Å². The Bertz CT molecular complexity index is 709. The smallest absolute Gasteiger partial charge is 0.230 e. The Morgan fingerprint density at radius 2 is 1.89 bits per heavy atom. The average molecular weight is 428 g/mol. The largest absolute Gasteiger partial charge is 0.336 e. The highest BCUT2D eigenvalue weighted by Gasteiger charge is 2.37. The summed E-state index contributed by atoms with van der Waals surface area (Å²) in [6.45, 7) is 6.27. The van der Waals surface area contributed by atoms with Crippen LogP contribution in [0.25, 0.3) is 0 Å². The van der Waals surface area contributed by atoms with Crippen LogP contribution in [0.5, 0.6) is 0 Å². The summed E-state index contributed by atoms with van der Waals surface area (Å²) < 4.78 is 0. The lowest BCUT2D eigenvalue weighted by Crippen LogP contribution is -2.55. The van der Waals surface area contributed by atoms with Crippen LogP contribution >= 0.6 is 35.0 Å². The van der Waals surface area contributed by atoms with Crippen molar-refractivity contribution in [1.82, 2.24) is 14.7 Å². The van der Waals surface area contributed by atoms with Gasteiger partial charge in [-0.15, -0.1) is 0 Å². The fraction of sp³-hybridized carbons (Fsp3) is 0.650. The molecule has 1 aromatic rings. The van der Waals surface area contributed by atoms with Crippen molar-refractivity contribution in [3.8, 4) is 0 Å². The van der Waals surface area contributed by atoms with E-state index in [0.29, 0.717) is 16.1 Å². The highest BCUT2D eigenvalue weighted by Crippen LogP contribution is 2.39. The predicted molar refractivity (Wildman–Crippen MR) is 114 cm³/mol. The van der Waals surface area contributed by atoms with E-state index in [2.05, 4.69) is 21.7 Å². The molecule has 1 aliphatic carbocycles. The topological polar surface area (TPSA) is 26.8 Å². The molecule has 2 saturated heterocycles. The molecular formula is C20H27Cl2N3OS. The van der Waals surface area contributed by atoms with E-state index in [4.69, 9.17) is 23.2 Å². The van der Waals surface area contributed by atoms with Crippen LogP contribution in [0.15, 0.2) is 12.1 Å². The lowest BCUT2D eigenvalue weighted by Gasteiger charge is -2.41. The van der Waals surface area contributed by atoms with Gasteiger partial charge in [0.25, 0.3) is 0 Å². The van der Waals surface area contributed by atoms with Crippen LogP contribution in [-0.4, -0.2) is 84.5 Å². The Balaban J connectivity index is 1.48. The van der Waals surface area contributed by atoms with Gasteiger partial charge in [0, 0.05) is 50.8 Å². The maximum absolute atomic E-state index is 13.5. The Kier molecular flexibility index (Phi) is 6.25. The van der Waals surface area contributed by atoms with Crippen molar-refractivity contribution in [2.75, 3.05) is 57.8 Å². The molecule has 4 rings (SSSR count). The third-order valence-corrected chi connectivity index (χ3v) is 7.95. The minimum Gasteiger partial charge on any atom is -0.336 e. The molecule has 0 aromatic heterocycles. The highest BCUT2D eigenvalue weighted by atomic mass is 35.5. The van der Waals surface area contributed by atoms with E-state index < -0.39 is 0 Å². The third kappa shape index (κ3) is 4.27. The molecule has 3 aliphatic rings. The zero-order chi connectivity index (χ0) is 19.0. The van der Waals surface area contributed by atoms with E-state index in [9.17, 15) is 4.79 Å². The first-order chi connectivity index (χ1) is 13.0. The zero-order valence-corrected chi connectivity index (χ0v) is 18.1. The Hall–Kier alpha value is -0.460. The van der Waals surface area contributed by atoms with Gasteiger partial charge in [-0.1, -0.05) is 23.2 Å². The SMILES string of the molecule is CN1CCN(CC2CSCCN2C(=O)C2CCc3cc(Cl)c(Cl)cc32)CC1. The van der Waals surface area contributed by atoms with Gasteiger partial charge in [-0.2, -0.15) is 11.8 Å². The first-order valence-corrected chi connectivity index (χ1v) is 11.7. The van der Waals surface area contributed by atoms with Gasteiger partial charge in [-0.05, 0) is 43.1 Å². The van der Waals surface area contributed by atoms with Crippen molar-refractivity contribution >= 4 is 40.9 Å². The maximum atomic E-state index is 13.5. The minimum absolute atomic E-state index is 0.0622. The van der Waals surface area contributed by atoms with E-state index in [-0.39, 0.29) is 11.8 Å². The van der Waals surface area contributed by atoms with Crippen molar-refractivity contribution < 1.29 is 4.79 Å². The van der Waals surface area contributed by atoms with Gasteiger partial charge in [0.1, 0.15) is 0 Å². The normalized spacial score (nSPS) is 27.0. The van der Waals surface area contributed by atoms with E-state index in [0.717, 1.165) is 69.2 Å². The van der Waals surface area contributed by atoms with Crippen LogP contribution in [-0.2, 0) is 11.2 Å². The molecule has 0 saturated carbocycles. The standard InChI is InChI=1S/C20H27Cl2N3OS/c1-23-4-6-24(7-5-23)12-15-13-27-9-8-25(15)20(26)16-3-2-14-10-18(21)19(22)11-17(14)16/h10-11,15-16H,2-9,12-13H2,1H3. The number of fused-ring (bicyclic) bond motifs is 1. The van der Waals surface area contributed by atoms with E-state index in [1.54, 1.807) is 0 Å². The molecule has 2 heterocycles. The van der Waals surface area contributed by atoms with Crippen LogP contribution < -0.4 is 0 Å². The summed E-state index contributed by atoms with van der Waals surface area (Å²) in [6, 6.07) is 4.18. The molecule has 148 valence electrons. The summed E-state index contributed by atoms with van der Waals surface area (Å²) in [7, 11) is 2.18.